The molecule has 1 unspecified atom stereocenters. The summed E-state index contributed by atoms with van der Waals surface area (Å²) in [4.78, 5) is 0.305. The van der Waals surface area contributed by atoms with Gasteiger partial charge in [-0.25, -0.2) is 8.42 Å². The Labute approximate surface area is 139 Å². The van der Waals surface area contributed by atoms with E-state index in [9.17, 15) is 8.42 Å². The fraction of sp³-hybridized carbons (Fsp3) is 0.600. The van der Waals surface area contributed by atoms with Gasteiger partial charge in [0.15, 0.2) is 0 Å². The second kappa shape index (κ2) is 7.17. The number of nitrogens with two attached hydrogens (primary N) is 1. The van der Waals surface area contributed by atoms with E-state index in [0.29, 0.717) is 30.3 Å². The SMILES string of the molecule is CC(C)Oc1ccc(S(=O)(=O)N2CCC(C)(CN)C2)cc1.Cl. The van der Waals surface area contributed by atoms with Gasteiger partial charge in [-0.2, -0.15) is 4.31 Å². The number of hydrogen-bond donors (Lipinski definition) is 1. The quantitative estimate of drug-likeness (QED) is 0.885. The van der Waals surface area contributed by atoms with Crippen molar-refractivity contribution in [3.8, 4) is 5.75 Å². The molecule has 22 heavy (non-hydrogen) atoms. The van der Waals surface area contributed by atoms with Gasteiger partial charge in [0.25, 0.3) is 0 Å². The Bertz CT molecular complexity index is 589. The zero-order valence-corrected chi connectivity index (χ0v) is 14.9. The number of hydrogen-bond acceptors (Lipinski definition) is 4. The Morgan fingerprint density at radius 3 is 2.36 bits per heavy atom. The third-order valence-corrected chi connectivity index (χ3v) is 5.71. The molecule has 0 amide bonds. The zero-order chi connectivity index (χ0) is 15.7. The first kappa shape index (κ1) is 19.2. The fourth-order valence-corrected chi connectivity index (χ4v) is 4.05. The van der Waals surface area contributed by atoms with Crippen LogP contribution in [0.15, 0.2) is 29.2 Å². The highest BCUT2D eigenvalue weighted by molar-refractivity contribution is 7.89. The van der Waals surface area contributed by atoms with Crippen molar-refractivity contribution in [2.75, 3.05) is 19.6 Å². The molecule has 1 aliphatic rings. The second-order valence-corrected chi connectivity index (χ2v) is 8.18. The van der Waals surface area contributed by atoms with E-state index in [1.807, 2.05) is 20.8 Å². The Morgan fingerprint density at radius 2 is 1.91 bits per heavy atom. The van der Waals surface area contributed by atoms with Crippen LogP contribution in [-0.4, -0.2) is 38.5 Å². The first-order valence-corrected chi connectivity index (χ1v) is 8.68. The van der Waals surface area contributed by atoms with Crippen molar-refractivity contribution < 1.29 is 13.2 Å². The molecular weight excluding hydrogens is 324 g/mol. The van der Waals surface area contributed by atoms with Gasteiger partial charge in [-0.15, -0.1) is 12.4 Å². The van der Waals surface area contributed by atoms with Gasteiger partial charge in [-0.05, 0) is 56.5 Å². The molecule has 0 aromatic heterocycles. The van der Waals surface area contributed by atoms with Crippen LogP contribution in [0.1, 0.15) is 27.2 Å². The van der Waals surface area contributed by atoms with Crippen molar-refractivity contribution in [3.63, 3.8) is 0 Å². The lowest BCUT2D eigenvalue weighted by molar-refractivity contribution is 0.242. The Balaban J connectivity index is 0.00000242. The van der Waals surface area contributed by atoms with E-state index < -0.39 is 10.0 Å². The Morgan fingerprint density at radius 1 is 1.32 bits per heavy atom. The maximum absolute atomic E-state index is 12.6. The minimum Gasteiger partial charge on any atom is -0.491 e. The van der Waals surface area contributed by atoms with E-state index in [1.165, 1.54) is 4.31 Å². The summed E-state index contributed by atoms with van der Waals surface area (Å²) in [5.74, 6) is 0.678. The van der Waals surface area contributed by atoms with E-state index in [1.54, 1.807) is 24.3 Å². The average molecular weight is 349 g/mol. The summed E-state index contributed by atoms with van der Waals surface area (Å²) in [6, 6.07) is 6.60. The molecule has 1 atom stereocenters. The lowest BCUT2D eigenvalue weighted by Gasteiger charge is -2.22. The van der Waals surface area contributed by atoms with Gasteiger partial charge in [0.05, 0.1) is 11.0 Å². The van der Waals surface area contributed by atoms with E-state index in [0.717, 1.165) is 6.42 Å². The molecule has 2 rings (SSSR count). The van der Waals surface area contributed by atoms with Crippen LogP contribution >= 0.6 is 12.4 Å². The number of halogens is 1. The minimum atomic E-state index is -3.44. The van der Waals surface area contributed by atoms with E-state index in [4.69, 9.17) is 10.5 Å². The summed E-state index contributed by atoms with van der Waals surface area (Å²) in [7, 11) is -3.44. The molecule has 0 saturated carbocycles. The smallest absolute Gasteiger partial charge is 0.243 e. The lowest BCUT2D eigenvalue weighted by Crippen LogP contribution is -2.34. The van der Waals surface area contributed by atoms with Crippen molar-refractivity contribution >= 4 is 22.4 Å². The molecular formula is C15H25ClN2O3S. The molecule has 1 heterocycles. The van der Waals surface area contributed by atoms with Gasteiger partial charge >= 0.3 is 0 Å². The van der Waals surface area contributed by atoms with Crippen LogP contribution in [0.3, 0.4) is 0 Å². The Kier molecular flexibility index (Phi) is 6.27. The van der Waals surface area contributed by atoms with Crippen molar-refractivity contribution in [2.24, 2.45) is 11.1 Å². The van der Waals surface area contributed by atoms with Crippen LogP contribution in [0.25, 0.3) is 0 Å². The van der Waals surface area contributed by atoms with Crippen molar-refractivity contribution in [2.45, 2.75) is 38.2 Å². The summed E-state index contributed by atoms with van der Waals surface area (Å²) in [6.45, 7) is 7.41. The van der Waals surface area contributed by atoms with Crippen LogP contribution in [0.5, 0.6) is 5.75 Å². The van der Waals surface area contributed by atoms with E-state index >= 15 is 0 Å². The molecule has 0 bridgehead atoms. The highest BCUT2D eigenvalue weighted by Gasteiger charge is 2.38. The van der Waals surface area contributed by atoms with Gasteiger partial charge in [-0.3, -0.25) is 0 Å². The maximum Gasteiger partial charge on any atom is 0.243 e. The third kappa shape index (κ3) is 4.13. The molecule has 1 aromatic carbocycles. The summed E-state index contributed by atoms with van der Waals surface area (Å²) in [5.41, 5.74) is 5.62. The molecule has 0 aliphatic carbocycles. The van der Waals surface area contributed by atoms with E-state index in [2.05, 4.69) is 0 Å². The first-order valence-electron chi connectivity index (χ1n) is 7.24. The normalized spacial score (nSPS) is 22.6. The van der Waals surface area contributed by atoms with Gasteiger partial charge in [0.2, 0.25) is 10.0 Å². The molecule has 5 nitrogen and oxygen atoms in total. The molecule has 1 aliphatic heterocycles. The molecule has 1 saturated heterocycles. The van der Waals surface area contributed by atoms with Crippen LogP contribution in [0.4, 0.5) is 0 Å². The molecule has 0 spiro atoms. The topological polar surface area (TPSA) is 72.6 Å². The fourth-order valence-electron chi connectivity index (χ4n) is 2.46. The highest BCUT2D eigenvalue weighted by Crippen LogP contribution is 2.32. The van der Waals surface area contributed by atoms with Crippen LogP contribution in [-0.2, 0) is 10.0 Å². The molecule has 0 radical (unpaired) electrons. The number of sulfonamides is 1. The summed E-state index contributed by atoms with van der Waals surface area (Å²) < 4.78 is 32.3. The van der Waals surface area contributed by atoms with Gasteiger partial charge in [0, 0.05) is 13.1 Å². The van der Waals surface area contributed by atoms with Gasteiger partial charge in [0.1, 0.15) is 5.75 Å². The number of ether oxygens (including phenoxy) is 1. The van der Waals surface area contributed by atoms with Gasteiger partial charge < -0.3 is 10.5 Å². The van der Waals surface area contributed by atoms with Gasteiger partial charge in [-0.1, -0.05) is 6.92 Å². The maximum atomic E-state index is 12.6. The number of nitrogens with zero attached hydrogens (tertiary/aromatic N) is 1. The summed E-state index contributed by atoms with van der Waals surface area (Å²) in [5, 5.41) is 0. The zero-order valence-electron chi connectivity index (χ0n) is 13.3. The molecule has 126 valence electrons. The third-order valence-electron chi connectivity index (χ3n) is 3.85. The summed E-state index contributed by atoms with van der Waals surface area (Å²) >= 11 is 0. The van der Waals surface area contributed by atoms with Crippen molar-refractivity contribution in [1.82, 2.24) is 4.31 Å². The highest BCUT2D eigenvalue weighted by atomic mass is 35.5. The lowest BCUT2D eigenvalue weighted by atomic mass is 9.90. The monoisotopic (exact) mass is 348 g/mol. The van der Waals surface area contributed by atoms with Crippen LogP contribution < -0.4 is 10.5 Å². The standard InChI is InChI=1S/C15H24N2O3S.ClH/c1-12(2)20-13-4-6-14(7-5-13)21(18,19)17-9-8-15(3,10-16)11-17;/h4-7,12H,8-11,16H2,1-3H3;1H. The predicted molar refractivity (Wildman–Crippen MR) is 90.0 cm³/mol. The Hall–Kier alpha value is -0.820. The largest absolute Gasteiger partial charge is 0.491 e. The minimum absolute atomic E-state index is 0. The molecule has 7 heteroatoms. The predicted octanol–water partition coefficient (Wildman–Crippen LogP) is 2.26. The molecule has 1 aromatic rings. The average Bonchev–Trinajstić information content (AvgIpc) is 2.83. The molecule has 2 N–H and O–H groups in total. The van der Waals surface area contributed by atoms with Crippen LogP contribution in [0.2, 0.25) is 0 Å². The van der Waals surface area contributed by atoms with E-state index in [-0.39, 0.29) is 23.9 Å². The number of benzene rings is 1. The first-order chi connectivity index (χ1) is 9.77. The van der Waals surface area contributed by atoms with Crippen molar-refractivity contribution in [3.05, 3.63) is 24.3 Å². The second-order valence-electron chi connectivity index (χ2n) is 6.24. The molecule has 1 fully saturated rings. The van der Waals surface area contributed by atoms with Crippen LogP contribution in [0, 0.1) is 5.41 Å². The number of rotatable bonds is 5. The van der Waals surface area contributed by atoms with Crippen molar-refractivity contribution in [1.29, 1.82) is 0 Å². The summed E-state index contributed by atoms with van der Waals surface area (Å²) in [6.07, 6.45) is 0.869.